The number of hydrogen-bond donors (Lipinski definition) is 2. The molecule has 0 fully saturated rings. The van der Waals surface area contributed by atoms with Gasteiger partial charge in [-0.3, -0.25) is 14.5 Å². The summed E-state index contributed by atoms with van der Waals surface area (Å²) in [6.45, 7) is 7.05. The summed E-state index contributed by atoms with van der Waals surface area (Å²) in [6, 6.07) is 10.1. The molecule has 1 aliphatic heterocycles. The predicted molar refractivity (Wildman–Crippen MR) is 105 cm³/mol. The number of ether oxygens (including phenoxy) is 1. The molecule has 142 valence electrons. The van der Waals surface area contributed by atoms with Crippen molar-refractivity contribution in [3.63, 3.8) is 0 Å². The highest BCUT2D eigenvalue weighted by molar-refractivity contribution is 6.08. The third kappa shape index (κ3) is 3.58. The van der Waals surface area contributed by atoms with E-state index in [9.17, 15) is 9.59 Å². The van der Waals surface area contributed by atoms with Crippen molar-refractivity contribution in [1.82, 2.24) is 4.98 Å². The summed E-state index contributed by atoms with van der Waals surface area (Å²) in [6.07, 6.45) is 0.922. The Kier molecular flexibility index (Phi) is 4.78. The summed E-state index contributed by atoms with van der Waals surface area (Å²) in [5, 5.41) is 2.85. The second kappa shape index (κ2) is 6.90. The molecule has 0 bridgehead atoms. The van der Waals surface area contributed by atoms with Gasteiger partial charge >= 0.3 is 0 Å². The van der Waals surface area contributed by atoms with E-state index in [0.717, 1.165) is 6.42 Å². The van der Waals surface area contributed by atoms with Crippen LogP contribution in [0.25, 0.3) is 0 Å². The van der Waals surface area contributed by atoms with Gasteiger partial charge in [-0.15, -0.1) is 0 Å². The highest BCUT2D eigenvalue weighted by Gasteiger charge is 2.45. The fraction of sp³-hybridized carbons (Fsp3) is 0.350. The van der Waals surface area contributed by atoms with Crippen LogP contribution in [0.2, 0.25) is 0 Å². The second-order valence-electron chi connectivity index (χ2n) is 7.06. The average Bonchev–Trinajstić information content (AvgIpc) is 2.63. The van der Waals surface area contributed by atoms with Gasteiger partial charge in [-0.05, 0) is 57.0 Å². The minimum Gasteiger partial charge on any atom is -0.474 e. The van der Waals surface area contributed by atoms with E-state index in [2.05, 4.69) is 17.2 Å². The second-order valence-corrected chi connectivity index (χ2v) is 7.06. The highest BCUT2D eigenvalue weighted by atomic mass is 16.5. The van der Waals surface area contributed by atoms with Gasteiger partial charge in [0.1, 0.15) is 11.9 Å². The first-order valence-electron chi connectivity index (χ1n) is 8.92. The normalized spacial score (nSPS) is 16.3. The smallest absolute Gasteiger partial charge is 0.272 e. The molecule has 2 heterocycles. The Morgan fingerprint density at radius 2 is 1.93 bits per heavy atom. The lowest BCUT2D eigenvalue weighted by Crippen LogP contribution is -2.58. The molecule has 27 heavy (non-hydrogen) atoms. The van der Waals surface area contributed by atoms with Crippen molar-refractivity contribution in [1.29, 1.82) is 0 Å². The molecule has 7 heteroatoms. The van der Waals surface area contributed by atoms with Crippen LogP contribution in [0.3, 0.4) is 0 Å². The van der Waals surface area contributed by atoms with Crippen molar-refractivity contribution in [3.8, 4) is 5.75 Å². The van der Waals surface area contributed by atoms with Gasteiger partial charge in [-0.2, -0.15) is 0 Å². The van der Waals surface area contributed by atoms with E-state index in [1.54, 1.807) is 32.9 Å². The number of nitrogens with zero attached hydrogens (tertiary/aromatic N) is 2. The SMILES string of the molecule is CCc1ccc(NC(=O)C(C)N2C(=O)C(C)(C)Oc3ccc(N)nc32)cc1. The fourth-order valence-electron chi connectivity index (χ4n) is 2.95. The van der Waals surface area contributed by atoms with Crippen LogP contribution in [0.1, 0.15) is 33.3 Å². The number of hydrogen-bond acceptors (Lipinski definition) is 5. The molecule has 2 aromatic rings. The molecule has 0 saturated carbocycles. The third-order valence-electron chi connectivity index (χ3n) is 4.58. The molecule has 0 aliphatic carbocycles. The number of aromatic nitrogens is 1. The lowest BCUT2D eigenvalue weighted by atomic mass is 10.0. The zero-order valence-electron chi connectivity index (χ0n) is 15.9. The molecule has 0 saturated heterocycles. The summed E-state index contributed by atoms with van der Waals surface area (Å²) < 4.78 is 5.75. The monoisotopic (exact) mass is 368 g/mol. The summed E-state index contributed by atoms with van der Waals surface area (Å²) in [7, 11) is 0. The Morgan fingerprint density at radius 1 is 1.26 bits per heavy atom. The lowest BCUT2D eigenvalue weighted by molar-refractivity contribution is -0.134. The van der Waals surface area contributed by atoms with Gasteiger partial charge in [0.15, 0.2) is 17.2 Å². The van der Waals surface area contributed by atoms with Gasteiger partial charge in [-0.25, -0.2) is 4.98 Å². The first-order chi connectivity index (χ1) is 12.7. The van der Waals surface area contributed by atoms with Gasteiger partial charge in [-0.1, -0.05) is 19.1 Å². The fourth-order valence-corrected chi connectivity index (χ4v) is 2.95. The van der Waals surface area contributed by atoms with Crippen molar-refractivity contribution in [2.75, 3.05) is 16.0 Å². The summed E-state index contributed by atoms with van der Waals surface area (Å²) in [5.74, 6) is 0.249. The third-order valence-corrected chi connectivity index (χ3v) is 4.58. The van der Waals surface area contributed by atoms with Crippen LogP contribution in [0, 0.1) is 0 Å². The first-order valence-corrected chi connectivity index (χ1v) is 8.92. The average molecular weight is 368 g/mol. The van der Waals surface area contributed by atoms with Crippen molar-refractivity contribution in [2.45, 2.75) is 45.8 Å². The van der Waals surface area contributed by atoms with Gasteiger partial charge in [0, 0.05) is 5.69 Å². The van der Waals surface area contributed by atoms with Gasteiger partial charge in [0.25, 0.3) is 5.91 Å². The number of rotatable bonds is 4. The molecule has 3 rings (SSSR count). The predicted octanol–water partition coefficient (Wildman–Crippen LogP) is 2.76. The van der Waals surface area contributed by atoms with Crippen LogP contribution in [0.4, 0.5) is 17.3 Å². The molecule has 1 aromatic heterocycles. The van der Waals surface area contributed by atoms with Crippen molar-refractivity contribution < 1.29 is 14.3 Å². The van der Waals surface area contributed by atoms with E-state index in [-0.39, 0.29) is 23.5 Å². The van der Waals surface area contributed by atoms with Gasteiger partial charge < -0.3 is 15.8 Å². The molecule has 1 unspecified atom stereocenters. The van der Waals surface area contributed by atoms with E-state index in [0.29, 0.717) is 11.4 Å². The molecule has 0 radical (unpaired) electrons. The Hall–Kier alpha value is -3.09. The number of carbonyl (C=O) groups is 2. The number of carbonyl (C=O) groups excluding carboxylic acids is 2. The number of amides is 2. The summed E-state index contributed by atoms with van der Waals surface area (Å²) >= 11 is 0. The molecule has 1 atom stereocenters. The number of pyridine rings is 1. The highest BCUT2D eigenvalue weighted by Crippen LogP contribution is 2.38. The molecule has 1 aliphatic rings. The Bertz CT molecular complexity index is 877. The Balaban J connectivity index is 1.89. The number of fused-ring (bicyclic) bond motifs is 1. The van der Waals surface area contributed by atoms with Crippen LogP contribution >= 0.6 is 0 Å². The standard InChI is InChI=1S/C20H24N4O3/c1-5-13-6-8-14(9-7-13)22-18(25)12(2)24-17-15(10-11-16(21)23-17)27-20(3,4)19(24)26/h6-12H,5H2,1-4H3,(H2,21,23)(H,22,25). The number of nitrogens with one attached hydrogen (secondary N) is 1. The minimum atomic E-state index is -1.11. The van der Waals surface area contributed by atoms with Crippen LogP contribution in [0.5, 0.6) is 5.75 Å². The van der Waals surface area contributed by atoms with E-state index in [4.69, 9.17) is 10.5 Å². The van der Waals surface area contributed by atoms with Crippen LogP contribution < -0.4 is 20.7 Å². The molecule has 2 amide bonds. The number of nitrogens with two attached hydrogens (primary N) is 1. The maximum absolute atomic E-state index is 12.9. The van der Waals surface area contributed by atoms with Crippen molar-refractivity contribution >= 4 is 29.1 Å². The first kappa shape index (κ1) is 18.7. The Labute approximate surface area is 158 Å². The number of nitrogen functional groups attached to an aromatic ring is 1. The number of aryl methyl sites for hydroxylation is 1. The van der Waals surface area contributed by atoms with Gasteiger partial charge in [0.2, 0.25) is 5.91 Å². The largest absolute Gasteiger partial charge is 0.474 e. The van der Waals surface area contributed by atoms with E-state index >= 15 is 0 Å². The number of anilines is 3. The van der Waals surface area contributed by atoms with Crippen molar-refractivity contribution in [2.24, 2.45) is 0 Å². The van der Waals surface area contributed by atoms with E-state index in [1.165, 1.54) is 10.5 Å². The molecule has 0 spiro atoms. The zero-order valence-corrected chi connectivity index (χ0v) is 15.9. The maximum Gasteiger partial charge on any atom is 0.272 e. The quantitative estimate of drug-likeness (QED) is 0.865. The van der Waals surface area contributed by atoms with Crippen LogP contribution in [-0.4, -0.2) is 28.4 Å². The topological polar surface area (TPSA) is 97.5 Å². The van der Waals surface area contributed by atoms with Crippen LogP contribution in [0.15, 0.2) is 36.4 Å². The number of benzene rings is 1. The maximum atomic E-state index is 12.9. The Morgan fingerprint density at radius 3 is 2.56 bits per heavy atom. The van der Waals surface area contributed by atoms with Crippen molar-refractivity contribution in [3.05, 3.63) is 42.0 Å². The minimum absolute atomic E-state index is 0.248. The molecular formula is C20H24N4O3. The molecular weight excluding hydrogens is 344 g/mol. The summed E-state index contributed by atoms with van der Waals surface area (Å²) in [4.78, 5) is 31.3. The van der Waals surface area contributed by atoms with E-state index < -0.39 is 11.6 Å². The molecule has 7 nitrogen and oxygen atoms in total. The molecule has 1 aromatic carbocycles. The van der Waals surface area contributed by atoms with Gasteiger partial charge in [0.05, 0.1) is 0 Å². The van der Waals surface area contributed by atoms with Crippen LogP contribution in [-0.2, 0) is 16.0 Å². The van der Waals surface area contributed by atoms with E-state index in [1.807, 2.05) is 24.3 Å². The summed E-state index contributed by atoms with van der Waals surface area (Å²) in [5.41, 5.74) is 6.52. The lowest BCUT2D eigenvalue weighted by Gasteiger charge is -2.40. The molecule has 3 N–H and O–H groups in total. The zero-order chi connectivity index (χ0) is 19.8.